The molecule has 2 heterocycles. The van der Waals surface area contributed by atoms with Gasteiger partial charge in [0.15, 0.2) is 5.82 Å². The number of aromatic nitrogens is 2. The first kappa shape index (κ1) is 13.3. The fourth-order valence-corrected chi connectivity index (χ4v) is 3.20. The van der Waals surface area contributed by atoms with E-state index < -0.39 is 0 Å². The van der Waals surface area contributed by atoms with Gasteiger partial charge in [0.25, 0.3) is 0 Å². The van der Waals surface area contributed by atoms with Crippen LogP contribution in [0.15, 0.2) is 30.3 Å². The first-order chi connectivity index (χ1) is 9.54. The van der Waals surface area contributed by atoms with Gasteiger partial charge in [-0.05, 0) is 37.3 Å². The molecule has 0 fully saturated rings. The lowest BCUT2D eigenvalue weighted by Crippen LogP contribution is -2.08. The number of nitrogens with zero attached hydrogens (tertiary/aromatic N) is 3. The van der Waals surface area contributed by atoms with Crippen molar-refractivity contribution in [3.05, 3.63) is 40.4 Å². The van der Waals surface area contributed by atoms with Crippen LogP contribution in [0, 0.1) is 6.92 Å². The molecule has 5 heteroatoms. The summed E-state index contributed by atoms with van der Waals surface area (Å²) in [4.78, 5) is 13.2. The molecule has 3 rings (SSSR count). The molecule has 0 unspecified atom stereocenters. The minimum absolute atomic E-state index is 0.519. The Morgan fingerprint density at radius 3 is 2.45 bits per heavy atom. The van der Waals surface area contributed by atoms with Crippen LogP contribution in [-0.2, 0) is 0 Å². The highest BCUT2D eigenvalue weighted by Gasteiger charge is 2.10. The van der Waals surface area contributed by atoms with E-state index in [0.717, 1.165) is 21.5 Å². The Hall–Kier alpha value is -1.65. The zero-order valence-corrected chi connectivity index (χ0v) is 13.1. The molecule has 2 aromatic heterocycles. The topological polar surface area (TPSA) is 29.0 Å². The predicted octanol–water partition coefficient (Wildman–Crippen LogP) is 4.39. The van der Waals surface area contributed by atoms with E-state index in [1.165, 1.54) is 4.88 Å². The average Bonchev–Trinajstić information content (AvgIpc) is 2.80. The zero-order chi connectivity index (χ0) is 14.3. The van der Waals surface area contributed by atoms with Gasteiger partial charge < -0.3 is 4.90 Å². The van der Waals surface area contributed by atoms with Crippen molar-refractivity contribution >= 4 is 38.8 Å². The number of anilines is 1. The Bertz CT molecular complexity index is 763. The largest absolute Gasteiger partial charge is 0.378 e. The Morgan fingerprint density at radius 1 is 1.10 bits per heavy atom. The summed E-state index contributed by atoms with van der Waals surface area (Å²) >= 11 is 7.89. The van der Waals surface area contributed by atoms with E-state index in [9.17, 15) is 0 Å². The first-order valence-corrected chi connectivity index (χ1v) is 7.45. The number of halogens is 1. The highest BCUT2D eigenvalue weighted by Crippen LogP contribution is 2.31. The van der Waals surface area contributed by atoms with Crippen molar-refractivity contribution < 1.29 is 0 Å². The van der Waals surface area contributed by atoms with E-state index in [-0.39, 0.29) is 0 Å². The van der Waals surface area contributed by atoms with Crippen molar-refractivity contribution in [3.8, 4) is 11.4 Å². The Balaban J connectivity index is 2.09. The van der Waals surface area contributed by atoms with Crippen molar-refractivity contribution in [3.63, 3.8) is 0 Å². The van der Waals surface area contributed by atoms with Crippen LogP contribution in [0.5, 0.6) is 0 Å². The third-order valence-electron chi connectivity index (χ3n) is 3.11. The maximum atomic E-state index is 6.25. The van der Waals surface area contributed by atoms with E-state index in [1.54, 1.807) is 11.3 Å². The van der Waals surface area contributed by atoms with Crippen molar-refractivity contribution in [1.82, 2.24) is 9.97 Å². The smallest absolute Gasteiger partial charge is 0.162 e. The molecule has 0 saturated heterocycles. The molecule has 0 atom stereocenters. The molecule has 0 N–H and O–H groups in total. The van der Waals surface area contributed by atoms with E-state index in [2.05, 4.69) is 27.0 Å². The molecule has 0 saturated carbocycles. The van der Waals surface area contributed by atoms with Crippen LogP contribution in [0.1, 0.15) is 4.88 Å². The number of aryl methyl sites for hydroxylation is 1. The van der Waals surface area contributed by atoms with Gasteiger partial charge in [0.05, 0.1) is 0 Å². The lowest BCUT2D eigenvalue weighted by atomic mass is 10.2. The molecule has 0 aliphatic heterocycles. The predicted molar refractivity (Wildman–Crippen MR) is 86.9 cm³/mol. The normalized spacial score (nSPS) is 11.0. The fraction of sp³-hybridized carbons (Fsp3) is 0.200. The van der Waals surface area contributed by atoms with Crippen LogP contribution in [0.25, 0.3) is 21.6 Å². The number of hydrogen-bond donors (Lipinski definition) is 0. The summed E-state index contributed by atoms with van der Waals surface area (Å²) in [7, 11) is 4.03. The molecule has 102 valence electrons. The van der Waals surface area contributed by atoms with Crippen LogP contribution in [0.3, 0.4) is 0 Å². The standard InChI is InChI=1S/C15H14ClN3S/c1-9-8-12-13(16)17-14(18-15(12)20-9)10-4-6-11(7-5-10)19(2)3/h4-8H,1-3H3. The Labute approximate surface area is 126 Å². The van der Waals surface area contributed by atoms with E-state index in [1.807, 2.05) is 39.2 Å². The van der Waals surface area contributed by atoms with Gasteiger partial charge >= 0.3 is 0 Å². The van der Waals surface area contributed by atoms with Gasteiger partial charge in [0.2, 0.25) is 0 Å². The molecule has 0 amide bonds. The zero-order valence-electron chi connectivity index (χ0n) is 11.5. The second-order valence-electron chi connectivity index (χ2n) is 4.86. The van der Waals surface area contributed by atoms with Gasteiger partial charge in [-0.3, -0.25) is 0 Å². The summed E-state index contributed by atoms with van der Waals surface area (Å²) < 4.78 is 0. The van der Waals surface area contributed by atoms with Crippen LogP contribution in [0.2, 0.25) is 5.15 Å². The van der Waals surface area contributed by atoms with Crippen LogP contribution in [-0.4, -0.2) is 24.1 Å². The van der Waals surface area contributed by atoms with Gasteiger partial charge in [0.1, 0.15) is 9.98 Å². The monoisotopic (exact) mass is 303 g/mol. The Kier molecular flexibility index (Phi) is 3.36. The van der Waals surface area contributed by atoms with Crippen molar-refractivity contribution in [2.75, 3.05) is 19.0 Å². The SMILES string of the molecule is Cc1cc2c(Cl)nc(-c3ccc(N(C)C)cc3)nc2s1. The second kappa shape index (κ2) is 5.04. The molecule has 0 bridgehead atoms. The highest BCUT2D eigenvalue weighted by atomic mass is 35.5. The summed E-state index contributed by atoms with van der Waals surface area (Å²) in [6.45, 7) is 2.05. The van der Waals surface area contributed by atoms with Crippen molar-refractivity contribution in [2.24, 2.45) is 0 Å². The van der Waals surface area contributed by atoms with Crippen molar-refractivity contribution in [2.45, 2.75) is 6.92 Å². The summed E-state index contributed by atoms with van der Waals surface area (Å²) in [5.74, 6) is 0.676. The maximum Gasteiger partial charge on any atom is 0.162 e. The third kappa shape index (κ3) is 2.37. The molecule has 20 heavy (non-hydrogen) atoms. The first-order valence-electron chi connectivity index (χ1n) is 6.26. The number of benzene rings is 1. The molecular weight excluding hydrogens is 290 g/mol. The summed E-state index contributed by atoms with van der Waals surface area (Å²) in [6, 6.07) is 10.2. The maximum absolute atomic E-state index is 6.25. The van der Waals surface area contributed by atoms with E-state index in [0.29, 0.717) is 11.0 Å². The lowest BCUT2D eigenvalue weighted by Gasteiger charge is -2.12. The van der Waals surface area contributed by atoms with Gasteiger partial charge in [-0.1, -0.05) is 11.6 Å². The molecule has 1 aromatic carbocycles. The number of thiophene rings is 1. The van der Waals surface area contributed by atoms with Crippen LogP contribution in [0.4, 0.5) is 5.69 Å². The number of hydrogen-bond acceptors (Lipinski definition) is 4. The van der Waals surface area contributed by atoms with Crippen molar-refractivity contribution in [1.29, 1.82) is 0 Å². The third-order valence-corrected chi connectivity index (χ3v) is 4.34. The van der Waals surface area contributed by atoms with Crippen LogP contribution >= 0.6 is 22.9 Å². The van der Waals surface area contributed by atoms with Gasteiger partial charge in [-0.2, -0.15) is 0 Å². The van der Waals surface area contributed by atoms with E-state index >= 15 is 0 Å². The average molecular weight is 304 g/mol. The second-order valence-corrected chi connectivity index (χ2v) is 6.45. The summed E-state index contributed by atoms with van der Waals surface area (Å²) in [6.07, 6.45) is 0. The minimum atomic E-state index is 0.519. The molecule has 0 aliphatic rings. The molecule has 0 radical (unpaired) electrons. The summed E-state index contributed by atoms with van der Waals surface area (Å²) in [5.41, 5.74) is 2.12. The Morgan fingerprint density at radius 2 is 1.80 bits per heavy atom. The van der Waals surface area contributed by atoms with Gasteiger partial charge in [0, 0.05) is 35.6 Å². The minimum Gasteiger partial charge on any atom is -0.378 e. The summed E-state index contributed by atoms with van der Waals surface area (Å²) in [5, 5.41) is 1.45. The fourth-order valence-electron chi connectivity index (χ4n) is 2.04. The highest BCUT2D eigenvalue weighted by molar-refractivity contribution is 7.18. The number of rotatable bonds is 2. The molecule has 0 aliphatic carbocycles. The number of fused-ring (bicyclic) bond motifs is 1. The van der Waals surface area contributed by atoms with E-state index in [4.69, 9.17) is 11.6 Å². The molecular formula is C15H14ClN3S. The molecule has 3 aromatic rings. The molecule has 3 nitrogen and oxygen atoms in total. The molecule has 0 spiro atoms. The van der Waals surface area contributed by atoms with Gasteiger partial charge in [-0.15, -0.1) is 11.3 Å². The van der Waals surface area contributed by atoms with Gasteiger partial charge in [-0.25, -0.2) is 9.97 Å². The lowest BCUT2D eigenvalue weighted by molar-refractivity contribution is 1.13. The van der Waals surface area contributed by atoms with Crippen LogP contribution < -0.4 is 4.90 Å². The quantitative estimate of drug-likeness (QED) is 0.658.